The van der Waals surface area contributed by atoms with Crippen LogP contribution in [0, 0.1) is 0 Å². The van der Waals surface area contributed by atoms with Crippen molar-refractivity contribution in [3.63, 3.8) is 0 Å². The Kier molecular flexibility index (Phi) is 13.7. The van der Waals surface area contributed by atoms with Gasteiger partial charge in [-0.1, -0.05) is 19.1 Å². The van der Waals surface area contributed by atoms with Crippen molar-refractivity contribution in [1.29, 1.82) is 0 Å². The van der Waals surface area contributed by atoms with Gasteiger partial charge in [0.05, 0.1) is 20.3 Å². The summed E-state index contributed by atoms with van der Waals surface area (Å²) in [6.07, 6.45) is 0.982. The van der Waals surface area contributed by atoms with Crippen molar-refractivity contribution >= 4 is 35.8 Å². The van der Waals surface area contributed by atoms with Crippen LogP contribution in [0.3, 0.4) is 0 Å². The monoisotopic (exact) mass is 478 g/mol. The summed E-state index contributed by atoms with van der Waals surface area (Å²) in [4.78, 5) is 17.4. The van der Waals surface area contributed by atoms with E-state index in [4.69, 9.17) is 9.47 Å². The fraction of sp³-hybridized carbons (Fsp3) is 0.556. The summed E-state index contributed by atoms with van der Waals surface area (Å²) in [6, 6.07) is 7.79. The van der Waals surface area contributed by atoms with Crippen LogP contribution < -0.4 is 15.4 Å². The van der Waals surface area contributed by atoms with Crippen molar-refractivity contribution in [3.8, 4) is 5.75 Å². The maximum absolute atomic E-state index is 11.6. The number of methoxy groups -OCH3 is 1. The average Bonchev–Trinajstić information content (AvgIpc) is 2.63. The molecule has 0 aliphatic heterocycles. The van der Waals surface area contributed by atoms with E-state index >= 15 is 0 Å². The summed E-state index contributed by atoms with van der Waals surface area (Å²) in [6.45, 7) is 4.70. The Morgan fingerprint density at radius 2 is 1.81 bits per heavy atom. The van der Waals surface area contributed by atoms with E-state index in [1.807, 2.05) is 24.3 Å². The van der Waals surface area contributed by atoms with Crippen molar-refractivity contribution < 1.29 is 14.3 Å². The topological polar surface area (TPSA) is 75.2 Å². The lowest BCUT2D eigenvalue weighted by atomic mass is 10.2. The number of carbonyl (C=O) groups is 1. The van der Waals surface area contributed by atoms with Crippen molar-refractivity contribution in [2.45, 2.75) is 20.0 Å². The van der Waals surface area contributed by atoms with Gasteiger partial charge in [0.25, 0.3) is 0 Å². The Morgan fingerprint density at radius 1 is 1.15 bits per heavy atom. The Morgan fingerprint density at radius 3 is 2.38 bits per heavy atom. The number of carbonyl (C=O) groups excluding carboxylic acids is 1. The van der Waals surface area contributed by atoms with E-state index in [1.165, 1.54) is 4.90 Å². The van der Waals surface area contributed by atoms with Crippen molar-refractivity contribution in [2.24, 2.45) is 4.99 Å². The summed E-state index contributed by atoms with van der Waals surface area (Å²) < 4.78 is 10.8. The van der Waals surface area contributed by atoms with Gasteiger partial charge < -0.3 is 25.0 Å². The lowest BCUT2D eigenvalue weighted by molar-refractivity contribution is -0.127. The van der Waals surface area contributed by atoms with Gasteiger partial charge in [0.15, 0.2) is 5.96 Å². The number of hydrogen-bond donors (Lipinski definition) is 2. The van der Waals surface area contributed by atoms with Crippen LogP contribution in [-0.4, -0.2) is 64.2 Å². The normalized spacial score (nSPS) is 10.7. The van der Waals surface area contributed by atoms with E-state index in [1.54, 1.807) is 21.2 Å². The highest BCUT2D eigenvalue weighted by Gasteiger charge is 2.04. The Balaban J connectivity index is 0.00000625. The molecule has 1 aromatic carbocycles. The first-order chi connectivity index (χ1) is 12.1. The second-order valence-electron chi connectivity index (χ2n) is 5.71. The largest absolute Gasteiger partial charge is 0.497 e. The lowest BCUT2D eigenvalue weighted by Crippen LogP contribution is -2.40. The van der Waals surface area contributed by atoms with Crippen LogP contribution in [0.2, 0.25) is 0 Å². The van der Waals surface area contributed by atoms with E-state index < -0.39 is 0 Å². The molecule has 1 rings (SSSR count). The molecular weight excluding hydrogens is 447 g/mol. The zero-order valence-corrected chi connectivity index (χ0v) is 18.4. The Bertz CT molecular complexity index is 536. The zero-order valence-electron chi connectivity index (χ0n) is 16.1. The highest BCUT2D eigenvalue weighted by Crippen LogP contribution is 2.11. The maximum atomic E-state index is 11.6. The predicted molar refractivity (Wildman–Crippen MR) is 115 cm³/mol. The molecule has 1 amide bonds. The van der Waals surface area contributed by atoms with Gasteiger partial charge in [-0.25, -0.2) is 4.99 Å². The number of nitrogens with one attached hydrogen (secondary N) is 2. The summed E-state index contributed by atoms with van der Waals surface area (Å²) in [5.74, 6) is 1.43. The zero-order chi connectivity index (χ0) is 18.5. The Hall–Kier alpha value is -1.55. The molecule has 7 nitrogen and oxygen atoms in total. The van der Waals surface area contributed by atoms with Gasteiger partial charge in [-0.05, 0) is 24.1 Å². The molecule has 0 spiro atoms. The van der Waals surface area contributed by atoms with Crippen LogP contribution in [0.4, 0.5) is 0 Å². The number of ether oxygens (including phenoxy) is 2. The molecule has 0 heterocycles. The van der Waals surface area contributed by atoms with Gasteiger partial charge in [-0.2, -0.15) is 0 Å². The fourth-order valence-corrected chi connectivity index (χ4v) is 1.86. The molecule has 0 unspecified atom stereocenters. The number of likely N-dealkylation sites (N-methyl/N-ethyl adjacent to an activating group) is 1. The molecule has 0 fully saturated rings. The third-order valence-electron chi connectivity index (χ3n) is 3.38. The third-order valence-corrected chi connectivity index (χ3v) is 3.38. The van der Waals surface area contributed by atoms with E-state index in [0.29, 0.717) is 25.7 Å². The summed E-state index contributed by atoms with van der Waals surface area (Å²) in [7, 11) is 5.09. The molecule has 0 bridgehead atoms. The van der Waals surface area contributed by atoms with E-state index in [-0.39, 0.29) is 36.4 Å². The van der Waals surface area contributed by atoms with Crippen LogP contribution in [0.15, 0.2) is 29.3 Å². The first kappa shape index (κ1) is 24.5. The molecule has 0 aliphatic rings. The minimum absolute atomic E-state index is 0. The second-order valence-corrected chi connectivity index (χ2v) is 5.71. The van der Waals surface area contributed by atoms with Crippen molar-refractivity contribution in [1.82, 2.24) is 15.5 Å². The highest BCUT2D eigenvalue weighted by atomic mass is 127. The number of halogens is 1. The van der Waals surface area contributed by atoms with Crippen LogP contribution >= 0.6 is 24.0 Å². The smallest absolute Gasteiger partial charge is 0.243 e. The number of amides is 1. The minimum atomic E-state index is -0.0339. The first-order valence-corrected chi connectivity index (χ1v) is 8.49. The van der Waals surface area contributed by atoms with Crippen LogP contribution in [0.5, 0.6) is 5.75 Å². The predicted octanol–water partition coefficient (Wildman–Crippen LogP) is 1.86. The first-order valence-electron chi connectivity index (χ1n) is 8.49. The molecule has 2 N–H and O–H groups in total. The van der Waals surface area contributed by atoms with Crippen molar-refractivity contribution in [3.05, 3.63) is 29.8 Å². The highest BCUT2D eigenvalue weighted by molar-refractivity contribution is 14.0. The number of benzene rings is 1. The van der Waals surface area contributed by atoms with Gasteiger partial charge in [0, 0.05) is 27.2 Å². The number of guanidine groups is 1. The SMILES string of the molecule is CCCNC(=NCC(=O)N(C)C)NCCOCc1ccc(OC)cc1.I. The summed E-state index contributed by atoms with van der Waals surface area (Å²) in [5, 5.41) is 6.36. The average molecular weight is 478 g/mol. The molecule has 0 radical (unpaired) electrons. The second kappa shape index (κ2) is 14.6. The molecule has 1 aromatic rings. The molecule has 26 heavy (non-hydrogen) atoms. The van der Waals surface area contributed by atoms with E-state index in [2.05, 4.69) is 22.5 Å². The quantitative estimate of drug-likeness (QED) is 0.233. The van der Waals surface area contributed by atoms with E-state index in [0.717, 1.165) is 24.3 Å². The fourth-order valence-electron chi connectivity index (χ4n) is 1.86. The molecule has 0 aromatic heterocycles. The molecule has 0 atom stereocenters. The standard InChI is InChI=1S/C18H30N4O3.HI/c1-5-10-19-18(21-13-17(23)22(2)3)20-11-12-25-14-15-6-8-16(24-4)9-7-15;/h6-9H,5,10-14H2,1-4H3,(H2,19,20,21);1H. The van der Waals surface area contributed by atoms with Gasteiger partial charge in [0.2, 0.25) is 5.91 Å². The van der Waals surface area contributed by atoms with Gasteiger partial charge in [0.1, 0.15) is 12.3 Å². The van der Waals surface area contributed by atoms with Gasteiger partial charge >= 0.3 is 0 Å². The molecule has 8 heteroatoms. The molecular formula is C18H31IN4O3. The number of aliphatic imine (C=N–C) groups is 1. The molecule has 0 saturated carbocycles. The summed E-state index contributed by atoms with van der Waals surface area (Å²) in [5.41, 5.74) is 1.09. The third kappa shape index (κ3) is 10.4. The van der Waals surface area contributed by atoms with Crippen LogP contribution in [0.1, 0.15) is 18.9 Å². The van der Waals surface area contributed by atoms with Crippen molar-refractivity contribution in [2.75, 3.05) is 47.4 Å². The number of rotatable bonds is 10. The summed E-state index contributed by atoms with van der Waals surface area (Å²) >= 11 is 0. The van der Waals surface area contributed by atoms with E-state index in [9.17, 15) is 4.79 Å². The molecule has 0 aliphatic carbocycles. The molecule has 148 valence electrons. The lowest BCUT2D eigenvalue weighted by Gasteiger charge is -2.13. The van der Waals surface area contributed by atoms with Crippen LogP contribution in [0.25, 0.3) is 0 Å². The maximum Gasteiger partial charge on any atom is 0.243 e. The van der Waals surface area contributed by atoms with Crippen LogP contribution in [-0.2, 0) is 16.1 Å². The number of hydrogen-bond acceptors (Lipinski definition) is 4. The molecule has 0 saturated heterocycles. The van der Waals surface area contributed by atoms with Gasteiger partial charge in [-0.3, -0.25) is 4.79 Å². The number of nitrogens with zero attached hydrogens (tertiary/aromatic N) is 2. The minimum Gasteiger partial charge on any atom is -0.497 e. The Labute approximate surface area is 173 Å². The van der Waals surface area contributed by atoms with Gasteiger partial charge in [-0.15, -0.1) is 24.0 Å².